The second-order valence-corrected chi connectivity index (χ2v) is 6.80. The maximum absolute atomic E-state index is 11.1. The predicted molar refractivity (Wildman–Crippen MR) is 73.3 cm³/mol. The van der Waals surface area contributed by atoms with Crippen molar-refractivity contribution in [1.82, 2.24) is 5.32 Å². The van der Waals surface area contributed by atoms with Gasteiger partial charge in [-0.1, -0.05) is 15.9 Å². The number of hydrogen-bond donors (Lipinski definition) is 1. The van der Waals surface area contributed by atoms with Crippen molar-refractivity contribution < 1.29 is 9.53 Å². The van der Waals surface area contributed by atoms with E-state index in [1.807, 2.05) is 6.07 Å². The van der Waals surface area contributed by atoms with Crippen LogP contribution in [0.4, 0.5) is 0 Å². The lowest BCUT2D eigenvalue weighted by molar-refractivity contribution is -0.139. The number of carbonyl (C=O) groups is 1. The summed E-state index contributed by atoms with van der Waals surface area (Å²) in [4.78, 5) is 12.1. The van der Waals surface area contributed by atoms with E-state index in [-0.39, 0.29) is 10.8 Å². The topological polar surface area (TPSA) is 38.3 Å². The van der Waals surface area contributed by atoms with Gasteiger partial charge in [0.1, 0.15) is 4.83 Å². The van der Waals surface area contributed by atoms with E-state index >= 15 is 0 Å². The Kier molecular flexibility index (Phi) is 6.57. The summed E-state index contributed by atoms with van der Waals surface area (Å²) in [6.07, 6.45) is 0.969. The minimum absolute atomic E-state index is 0.244. The summed E-state index contributed by atoms with van der Waals surface area (Å²) in [6, 6.07) is 4.14. The number of thiophene rings is 1. The van der Waals surface area contributed by atoms with Gasteiger partial charge in [-0.3, -0.25) is 4.79 Å². The molecule has 6 heteroatoms. The molecular weight excluding hydrogens is 358 g/mol. The number of hydrogen-bond acceptors (Lipinski definition) is 4. The molecule has 0 fully saturated rings. The smallest absolute Gasteiger partial charge is 0.320 e. The molecule has 1 aromatic rings. The van der Waals surface area contributed by atoms with Crippen molar-refractivity contribution in [2.24, 2.45) is 0 Å². The number of rotatable bonds is 6. The van der Waals surface area contributed by atoms with Crippen LogP contribution in [0.2, 0.25) is 0 Å². The van der Waals surface area contributed by atoms with E-state index in [0.29, 0.717) is 6.54 Å². The molecule has 0 aliphatic heterocycles. The van der Waals surface area contributed by atoms with Gasteiger partial charge in [0, 0.05) is 18.0 Å². The maximum Gasteiger partial charge on any atom is 0.320 e. The number of esters is 1. The van der Waals surface area contributed by atoms with E-state index in [9.17, 15) is 4.79 Å². The Morgan fingerprint density at radius 1 is 1.62 bits per heavy atom. The van der Waals surface area contributed by atoms with Gasteiger partial charge in [-0.25, -0.2) is 0 Å². The van der Waals surface area contributed by atoms with Crippen LogP contribution in [0.1, 0.15) is 4.88 Å². The highest BCUT2D eigenvalue weighted by atomic mass is 79.9. The molecule has 0 amide bonds. The molecule has 1 N–H and O–H groups in total. The van der Waals surface area contributed by atoms with Crippen LogP contribution in [0.5, 0.6) is 0 Å². The first-order valence-corrected chi connectivity index (χ1v) is 7.33. The van der Waals surface area contributed by atoms with Crippen LogP contribution in [-0.2, 0) is 16.0 Å². The summed E-state index contributed by atoms with van der Waals surface area (Å²) in [5.41, 5.74) is 0. The molecule has 1 unspecified atom stereocenters. The molecule has 0 radical (unpaired) electrons. The zero-order valence-corrected chi connectivity index (χ0v) is 12.8. The summed E-state index contributed by atoms with van der Waals surface area (Å²) in [6.45, 7) is 1.44. The number of carbonyl (C=O) groups excluding carboxylic acids is 1. The van der Waals surface area contributed by atoms with Crippen molar-refractivity contribution in [2.75, 3.05) is 20.2 Å². The highest BCUT2D eigenvalue weighted by molar-refractivity contribution is 9.11. The highest BCUT2D eigenvalue weighted by Crippen LogP contribution is 2.21. The number of alkyl halides is 1. The Balaban J connectivity index is 2.14. The van der Waals surface area contributed by atoms with Crippen LogP contribution < -0.4 is 5.32 Å². The quantitative estimate of drug-likeness (QED) is 0.475. The first kappa shape index (κ1) is 14.2. The zero-order chi connectivity index (χ0) is 12.0. The van der Waals surface area contributed by atoms with Crippen molar-refractivity contribution in [3.8, 4) is 0 Å². The van der Waals surface area contributed by atoms with E-state index in [4.69, 9.17) is 0 Å². The molecule has 16 heavy (non-hydrogen) atoms. The van der Waals surface area contributed by atoms with E-state index in [2.05, 4.69) is 48.0 Å². The highest BCUT2D eigenvalue weighted by Gasteiger charge is 2.13. The lowest BCUT2D eigenvalue weighted by Crippen LogP contribution is -2.30. The van der Waals surface area contributed by atoms with Crippen molar-refractivity contribution in [1.29, 1.82) is 0 Å². The van der Waals surface area contributed by atoms with Crippen molar-refractivity contribution in [3.05, 3.63) is 20.8 Å². The Bertz CT molecular complexity index is 343. The third kappa shape index (κ3) is 4.95. The fourth-order valence-corrected chi connectivity index (χ4v) is 3.04. The lowest BCUT2D eigenvalue weighted by Gasteiger charge is -2.08. The molecule has 1 aromatic heterocycles. The molecule has 1 atom stereocenters. The summed E-state index contributed by atoms with van der Waals surface area (Å²) >= 11 is 8.40. The first-order valence-electron chi connectivity index (χ1n) is 4.80. The van der Waals surface area contributed by atoms with Crippen molar-refractivity contribution >= 4 is 49.2 Å². The number of ether oxygens (including phenoxy) is 1. The van der Waals surface area contributed by atoms with Crippen LogP contribution in [0.25, 0.3) is 0 Å². The van der Waals surface area contributed by atoms with Gasteiger partial charge in [-0.2, -0.15) is 0 Å². The third-order valence-electron chi connectivity index (χ3n) is 1.96. The van der Waals surface area contributed by atoms with Crippen LogP contribution in [-0.4, -0.2) is 31.0 Å². The van der Waals surface area contributed by atoms with Gasteiger partial charge in [-0.15, -0.1) is 11.3 Å². The largest absolute Gasteiger partial charge is 0.468 e. The normalized spacial score (nSPS) is 12.4. The molecule has 3 nitrogen and oxygen atoms in total. The van der Waals surface area contributed by atoms with Crippen LogP contribution in [0.15, 0.2) is 15.9 Å². The zero-order valence-electron chi connectivity index (χ0n) is 8.83. The molecule has 1 rings (SSSR count). The Hall–Kier alpha value is 0.0900. The SMILES string of the molecule is COC(=O)C(Br)CNCCc1ccc(Br)s1. The van der Waals surface area contributed by atoms with Gasteiger partial charge >= 0.3 is 5.97 Å². The molecule has 0 aliphatic carbocycles. The lowest BCUT2D eigenvalue weighted by atomic mass is 10.3. The second kappa shape index (κ2) is 7.42. The number of nitrogens with one attached hydrogen (secondary N) is 1. The van der Waals surface area contributed by atoms with Crippen molar-refractivity contribution in [2.45, 2.75) is 11.2 Å². The average molecular weight is 371 g/mol. The molecular formula is C10H13Br2NO2S. The second-order valence-electron chi connectivity index (χ2n) is 3.15. The summed E-state index contributed by atoms with van der Waals surface area (Å²) < 4.78 is 5.75. The van der Waals surface area contributed by atoms with E-state index < -0.39 is 0 Å². The van der Waals surface area contributed by atoms with E-state index in [1.165, 1.54) is 12.0 Å². The fraction of sp³-hybridized carbons (Fsp3) is 0.500. The number of halogens is 2. The van der Waals surface area contributed by atoms with Crippen LogP contribution in [0, 0.1) is 0 Å². The van der Waals surface area contributed by atoms with Crippen LogP contribution >= 0.6 is 43.2 Å². The molecule has 0 spiro atoms. The number of methoxy groups -OCH3 is 1. The molecule has 1 heterocycles. The van der Waals surface area contributed by atoms with Gasteiger partial charge in [0.15, 0.2) is 0 Å². The molecule has 0 aromatic carbocycles. The minimum Gasteiger partial charge on any atom is -0.468 e. The van der Waals surface area contributed by atoms with Gasteiger partial charge in [0.2, 0.25) is 0 Å². The van der Waals surface area contributed by atoms with Gasteiger partial charge in [0.25, 0.3) is 0 Å². The molecule has 0 saturated heterocycles. The summed E-state index contributed by atoms with van der Waals surface area (Å²) in [7, 11) is 1.39. The summed E-state index contributed by atoms with van der Waals surface area (Å²) in [5, 5.41) is 3.20. The Morgan fingerprint density at radius 3 is 2.94 bits per heavy atom. The molecule has 0 saturated carbocycles. The predicted octanol–water partition coefficient (Wildman–Crippen LogP) is 2.58. The van der Waals surface area contributed by atoms with Gasteiger partial charge < -0.3 is 10.1 Å². The average Bonchev–Trinajstić information content (AvgIpc) is 2.69. The molecule has 90 valence electrons. The fourth-order valence-electron chi connectivity index (χ4n) is 1.14. The van der Waals surface area contributed by atoms with Gasteiger partial charge in [0.05, 0.1) is 10.9 Å². The molecule has 0 bridgehead atoms. The van der Waals surface area contributed by atoms with Crippen LogP contribution in [0.3, 0.4) is 0 Å². The van der Waals surface area contributed by atoms with Crippen molar-refractivity contribution in [3.63, 3.8) is 0 Å². The van der Waals surface area contributed by atoms with Gasteiger partial charge in [-0.05, 0) is 34.5 Å². The Morgan fingerprint density at radius 2 is 2.38 bits per heavy atom. The summed E-state index contributed by atoms with van der Waals surface area (Å²) in [5.74, 6) is -0.244. The van der Waals surface area contributed by atoms with E-state index in [0.717, 1.165) is 16.8 Å². The molecule has 0 aliphatic rings. The minimum atomic E-state index is -0.271. The first-order chi connectivity index (χ1) is 7.63. The standard InChI is InChI=1S/C10H13Br2NO2S/c1-15-10(14)8(11)6-13-5-4-7-2-3-9(12)16-7/h2-3,8,13H,4-6H2,1H3. The Labute approximate surface area is 116 Å². The monoisotopic (exact) mass is 369 g/mol. The third-order valence-corrected chi connectivity index (χ3v) is 4.34. The maximum atomic E-state index is 11.1. The van der Waals surface area contributed by atoms with E-state index in [1.54, 1.807) is 11.3 Å².